The van der Waals surface area contributed by atoms with Gasteiger partial charge in [-0.25, -0.2) is 9.97 Å². The maximum absolute atomic E-state index is 6.61. The molecular weight excluding hydrogens is 791 g/mol. The molecule has 4 aliphatic carbocycles. The standard InChI is InChI=1S/2C25H27ClN2O2/c2*26-22-15-21-18(10-13-28-24(21)29-16-17-4-2-1-3-5-17)14-23(22)30-20-8-11-25(27,12-9-20)19-6-7-19/h2*1-5,10,13-15,19-20H,6-9,11-12,16,27H2. The molecule has 0 aliphatic heterocycles. The Kier molecular flexibility index (Phi) is 12.1. The normalized spacial score (nSPS) is 24.0. The van der Waals surface area contributed by atoms with Crippen LogP contribution in [0.15, 0.2) is 109 Å². The van der Waals surface area contributed by atoms with Gasteiger partial charge in [0.25, 0.3) is 0 Å². The van der Waals surface area contributed by atoms with Gasteiger partial charge in [0.05, 0.1) is 22.3 Å². The molecule has 4 aromatic carbocycles. The van der Waals surface area contributed by atoms with Crippen LogP contribution >= 0.6 is 23.2 Å². The Morgan fingerprint density at radius 2 is 0.900 bits per heavy atom. The lowest BCUT2D eigenvalue weighted by Crippen LogP contribution is -2.47. The molecule has 4 fully saturated rings. The van der Waals surface area contributed by atoms with Gasteiger partial charge in [-0.05, 0) is 147 Å². The van der Waals surface area contributed by atoms with Crippen LogP contribution in [0.3, 0.4) is 0 Å². The molecule has 4 saturated carbocycles. The second-order valence-electron chi connectivity index (χ2n) is 17.4. The van der Waals surface area contributed by atoms with Crippen LogP contribution in [0.4, 0.5) is 0 Å². The second-order valence-corrected chi connectivity index (χ2v) is 18.3. The van der Waals surface area contributed by atoms with Crippen LogP contribution in [0.1, 0.15) is 88.2 Å². The zero-order chi connectivity index (χ0) is 41.1. The highest BCUT2D eigenvalue weighted by atomic mass is 35.5. The monoisotopic (exact) mass is 844 g/mol. The molecule has 0 amide bonds. The van der Waals surface area contributed by atoms with E-state index in [9.17, 15) is 0 Å². The molecule has 60 heavy (non-hydrogen) atoms. The molecule has 0 unspecified atom stereocenters. The van der Waals surface area contributed by atoms with Gasteiger partial charge in [-0.3, -0.25) is 0 Å². The molecule has 2 heterocycles. The van der Waals surface area contributed by atoms with Gasteiger partial charge in [0.15, 0.2) is 0 Å². The first-order valence-corrected chi connectivity index (χ1v) is 22.4. The van der Waals surface area contributed by atoms with Crippen LogP contribution in [0, 0.1) is 11.8 Å². The lowest BCUT2D eigenvalue weighted by atomic mass is 9.78. The second kappa shape index (κ2) is 17.8. The quantitative estimate of drug-likeness (QED) is 0.125. The van der Waals surface area contributed by atoms with Gasteiger partial charge in [0.1, 0.15) is 24.7 Å². The van der Waals surface area contributed by atoms with E-state index in [4.69, 9.17) is 53.6 Å². The van der Waals surface area contributed by atoms with E-state index < -0.39 is 0 Å². The summed E-state index contributed by atoms with van der Waals surface area (Å²) in [6, 6.07) is 31.9. The van der Waals surface area contributed by atoms with Gasteiger partial charge in [-0.2, -0.15) is 0 Å². The van der Waals surface area contributed by atoms with Crippen LogP contribution in [0.2, 0.25) is 10.0 Å². The highest BCUT2D eigenvalue weighted by molar-refractivity contribution is 6.33. The fraction of sp³-hybridized carbons (Fsp3) is 0.400. The lowest BCUT2D eigenvalue weighted by molar-refractivity contribution is 0.110. The van der Waals surface area contributed by atoms with Gasteiger partial charge in [-0.1, -0.05) is 83.9 Å². The topological polar surface area (TPSA) is 115 Å². The van der Waals surface area contributed by atoms with E-state index in [-0.39, 0.29) is 23.3 Å². The number of nitrogens with zero attached hydrogens (tertiary/aromatic N) is 2. The molecule has 10 rings (SSSR count). The number of hydrogen-bond acceptors (Lipinski definition) is 8. The van der Waals surface area contributed by atoms with Crippen molar-refractivity contribution >= 4 is 44.7 Å². The van der Waals surface area contributed by atoms with Crippen LogP contribution in [0.5, 0.6) is 23.3 Å². The van der Waals surface area contributed by atoms with Gasteiger partial charge in [-0.15, -0.1) is 0 Å². The Morgan fingerprint density at radius 1 is 0.517 bits per heavy atom. The van der Waals surface area contributed by atoms with Gasteiger partial charge in [0.2, 0.25) is 11.8 Å². The predicted octanol–water partition coefficient (Wildman–Crippen LogP) is 11.8. The zero-order valence-corrected chi connectivity index (χ0v) is 35.6. The molecule has 8 nitrogen and oxygen atoms in total. The van der Waals surface area contributed by atoms with Crippen molar-refractivity contribution < 1.29 is 18.9 Å². The van der Waals surface area contributed by atoms with Crippen molar-refractivity contribution in [2.24, 2.45) is 23.3 Å². The third-order valence-electron chi connectivity index (χ3n) is 13.1. The van der Waals surface area contributed by atoms with Crippen LogP contribution in [0.25, 0.3) is 21.5 Å². The number of benzene rings is 4. The summed E-state index contributed by atoms with van der Waals surface area (Å²) in [4.78, 5) is 8.82. The van der Waals surface area contributed by atoms with Gasteiger partial charge in [0, 0.05) is 34.2 Å². The number of halogens is 2. The fourth-order valence-corrected chi connectivity index (χ4v) is 9.56. The van der Waals surface area contributed by atoms with Crippen LogP contribution in [-0.2, 0) is 13.2 Å². The number of fused-ring (bicyclic) bond motifs is 2. The third-order valence-corrected chi connectivity index (χ3v) is 13.7. The van der Waals surface area contributed by atoms with Crippen molar-refractivity contribution in [2.75, 3.05) is 0 Å². The highest BCUT2D eigenvalue weighted by Crippen LogP contribution is 2.48. The number of aromatic nitrogens is 2. The number of ether oxygens (including phenoxy) is 4. The summed E-state index contributed by atoms with van der Waals surface area (Å²) in [6.07, 6.45) is 17.1. The minimum atomic E-state index is 0.0315. The maximum Gasteiger partial charge on any atom is 0.221 e. The summed E-state index contributed by atoms with van der Waals surface area (Å²) in [5, 5.41) is 4.98. The average molecular weight is 846 g/mol. The summed E-state index contributed by atoms with van der Waals surface area (Å²) in [5.41, 5.74) is 15.5. The van der Waals surface area contributed by atoms with Gasteiger partial charge < -0.3 is 30.4 Å². The number of nitrogens with two attached hydrogens (primary N) is 2. The van der Waals surface area contributed by atoms with Crippen molar-refractivity contribution in [1.29, 1.82) is 0 Å². The first-order chi connectivity index (χ1) is 29.2. The summed E-state index contributed by atoms with van der Waals surface area (Å²) in [6.45, 7) is 0.930. The van der Waals surface area contributed by atoms with E-state index in [1.54, 1.807) is 12.4 Å². The smallest absolute Gasteiger partial charge is 0.221 e. The van der Waals surface area contributed by atoms with Crippen molar-refractivity contribution in [3.05, 3.63) is 131 Å². The Hall–Kier alpha value is -4.60. The fourth-order valence-electron chi connectivity index (χ4n) is 9.14. The van der Waals surface area contributed by atoms with E-state index in [2.05, 4.69) is 9.97 Å². The number of rotatable bonds is 12. The molecule has 0 atom stereocenters. The molecule has 2 aromatic heterocycles. The Bertz CT molecular complexity index is 2220. The van der Waals surface area contributed by atoms with E-state index in [0.29, 0.717) is 35.0 Å². The average Bonchev–Trinajstić information content (AvgIpc) is 4.20. The SMILES string of the molecule is NC1(C2CC2)CCC(Oc2cc3ccnc(OCc4ccccc4)c3cc2Cl)CC1.NC1(C2CC2)CCC(Oc2cc3ccnc(OCc4ccccc4)c3cc2Cl)CC1. The van der Waals surface area contributed by atoms with E-state index in [1.165, 1.54) is 25.7 Å². The first kappa shape index (κ1) is 40.8. The van der Waals surface area contributed by atoms with Crippen LogP contribution in [-0.4, -0.2) is 33.3 Å². The molecule has 6 aromatic rings. The van der Waals surface area contributed by atoms with E-state index >= 15 is 0 Å². The summed E-state index contributed by atoms with van der Waals surface area (Å²) < 4.78 is 24.6. The predicted molar refractivity (Wildman–Crippen MR) is 240 cm³/mol. The molecule has 0 saturated heterocycles. The first-order valence-electron chi connectivity index (χ1n) is 21.6. The van der Waals surface area contributed by atoms with E-state index in [1.807, 2.05) is 97.1 Å². The molecule has 0 bridgehead atoms. The molecule has 312 valence electrons. The molecule has 10 heteroatoms. The Balaban J connectivity index is 0.000000154. The molecule has 4 aliphatic rings. The minimum absolute atomic E-state index is 0.0315. The van der Waals surface area contributed by atoms with Crippen molar-refractivity contribution in [3.8, 4) is 23.3 Å². The van der Waals surface area contributed by atoms with Crippen molar-refractivity contribution in [2.45, 2.75) is 114 Å². The van der Waals surface area contributed by atoms with Crippen molar-refractivity contribution in [1.82, 2.24) is 9.97 Å². The van der Waals surface area contributed by atoms with Crippen molar-refractivity contribution in [3.63, 3.8) is 0 Å². The zero-order valence-electron chi connectivity index (χ0n) is 34.0. The Labute approximate surface area is 362 Å². The molecule has 4 N–H and O–H groups in total. The van der Waals surface area contributed by atoms with Gasteiger partial charge >= 0.3 is 0 Å². The highest BCUT2D eigenvalue weighted by Gasteiger charge is 2.45. The summed E-state index contributed by atoms with van der Waals surface area (Å²) in [7, 11) is 0. The number of pyridine rings is 2. The maximum atomic E-state index is 6.61. The van der Waals surface area contributed by atoms with E-state index in [0.717, 1.165) is 107 Å². The largest absolute Gasteiger partial charge is 0.489 e. The molecule has 0 spiro atoms. The minimum Gasteiger partial charge on any atom is -0.489 e. The Morgan fingerprint density at radius 3 is 1.27 bits per heavy atom. The molecule has 0 radical (unpaired) electrons. The third kappa shape index (κ3) is 9.63. The van der Waals surface area contributed by atoms with Crippen LogP contribution < -0.4 is 30.4 Å². The number of hydrogen-bond donors (Lipinski definition) is 2. The molecular formula is C50H54Cl2N4O4. The summed E-state index contributed by atoms with van der Waals surface area (Å²) in [5.74, 6) is 4.07. The lowest BCUT2D eigenvalue weighted by Gasteiger charge is -2.37. The summed E-state index contributed by atoms with van der Waals surface area (Å²) >= 11 is 13.2.